The number of alkyl halides is 1. The lowest BCUT2D eigenvalue weighted by Crippen LogP contribution is -2.32. The van der Waals surface area contributed by atoms with Gasteiger partial charge in [0.25, 0.3) is 0 Å². The number of fused-ring (bicyclic) bond motifs is 1. The summed E-state index contributed by atoms with van der Waals surface area (Å²) >= 11 is 12.0. The molecule has 1 aromatic heterocycles. The average molecular weight is 315 g/mol. The minimum absolute atomic E-state index is 0.0502. The zero-order valence-electron chi connectivity index (χ0n) is 11.0. The monoisotopic (exact) mass is 314 g/mol. The number of aromatic nitrogens is 2. The van der Waals surface area contributed by atoms with E-state index in [-0.39, 0.29) is 6.10 Å². The highest BCUT2D eigenvalue weighted by Gasteiger charge is 2.19. The van der Waals surface area contributed by atoms with Gasteiger partial charge < -0.3 is 14.0 Å². The average Bonchev–Trinajstić information content (AvgIpc) is 2.78. The van der Waals surface area contributed by atoms with Crippen molar-refractivity contribution >= 4 is 34.2 Å². The molecular weight excluding hydrogens is 299 g/mol. The Hall–Kier alpha value is -0.810. The highest BCUT2D eigenvalue weighted by atomic mass is 35.5. The van der Waals surface area contributed by atoms with E-state index in [1.807, 2.05) is 18.2 Å². The summed E-state index contributed by atoms with van der Waals surface area (Å²) < 4.78 is 13.3. The Labute approximate surface area is 127 Å². The van der Waals surface area contributed by atoms with Crippen LogP contribution in [0, 0.1) is 0 Å². The summed E-state index contributed by atoms with van der Waals surface area (Å²) in [4.78, 5) is 4.63. The van der Waals surface area contributed by atoms with Gasteiger partial charge in [0.2, 0.25) is 0 Å². The molecular formula is C14H16Cl2N2O2. The van der Waals surface area contributed by atoms with Crippen LogP contribution in [0.15, 0.2) is 18.2 Å². The molecule has 2 heterocycles. The summed E-state index contributed by atoms with van der Waals surface area (Å²) in [5, 5.41) is 0.705. The van der Waals surface area contributed by atoms with Crippen LogP contribution in [-0.2, 0) is 22.4 Å². The second-order valence-electron chi connectivity index (χ2n) is 4.78. The van der Waals surface area contributed by atoms with Crippen LogP contribution in [0.2, 0.25) is 5.02 Å². The van der Waals surface area contributed by atoms with E-state index in [1.54, 1.807) is 0 Å². The van der Waals surface area contributed by atoms with Gasteiger partial charge in [-0.2, -0.15) is 0 Å². The summed E-state index contributed by atoms with van der Waals surface area (Å²) in [7, 11) is 0. The van der Waals surface area contributed by atoms with Crippen LogP contribution in [0.25, 0.3) is 11.0 Å². The molecule has 20 heavy (non-hydrogen) atoms. The molecule has 0 saturated carbocycles. The number of benzene rings is 1. The first kappa shape index (κ1) is 14.1. The van der Waals surface area contributed by atoms with E-state index < -0.39 is 0 Å². The van der Waals surface area contributed by atoms with E-state index >= 15 is 0 Å². The van der Waals surface area contributed by atoms with Gasteiger partial charge in [0.05, 0.1) is 43.5 Å². The standard InChI is InChI=1S/C14H16Cl2N2O2/c15-4-3-14-17-12-2-1-10(16)7-13(12)18(14)8-11-9-19-5-6-20-11/h1-2,7,11H,3-6,8-9H2. The fraction of sp³-hybridized carbons (Fsp3) is 0.500. The number of ether oxygens (including phenoxy) is 2. The van der Waals surface area contributed by atoms with Gasteiger partial charge >= 0.3 is 0 Å². The molecule has 0 bridgehead atoms. The first-order valence-electron chi connectivity index (χ1n) is 6.68. The first-order chi connectivity index (χ1) is 9.78. The minimum Gasteiger partial charge on any atom is -0.376 e. The van der Waals surface area contributed by atoms with Gasteiger partial charge in [0.15, 0.2) is 0 Å². The molecule has 6 heteroatoms. The maximum atomic E-state index is 6.10. The number of halogens is 2. The van der Waals surface area contributed by atoms with Gasteiger partial charge in [-0.05, 0) is 18.2 Å². The van der Waals surface area contributed by atoms with Crippen molar-refractivity contribution < 1.29 is 9.47 Å². The molecule has 108 valence electrons. The van der Waals surface area contributed by atoms with Crippen molar-refractivity contribution in [2.75, 3.05) is 25.7 Å². The van der Waals surface area contributed by atoms with Crippen molar-refractivity contribution in [3.63, 3.8) is 0 Å². The van der Waals surface area contributed by atoms with Gasteiger partial charge in [-0.15, -0.1) is 11.6 Å². The molecule has 1 unspecified atom stereocenters. The lowest BCUT2D eigenvalue weighted by molar-refractivity contribution is -0.0934. The van der Waals surface area contributed by atoms with Crippen LogP contribution in [0.5, 0.6) is 0 Å². The Morgan fingerprint density at radius 2 is 2.25 bits per heavy atom. The molecule has 0 aliphatic carbocycles. The minimum atomic E-state index is 0.0502. The summed E-state index contributed by atoms with van der Waals surface area (Å²) in [5.41, 5.74) is 1.96. The second kappa shape index (κ2) is 6.31. The Balaban J connectivity index is 1.96. The number of nitrogens with zero attached hydrogens (tertiary/aromatic N) is 2. The van der Waals surface area contributed by atoms with E-state index in [9.17, 15) is 0 Å². The molecule has 1 aromatic carbocycles. The zero-order chi connectivity index (χ0) is 13.9. The number of imidazole rings is 1. The molecule has 1 fully saturated rings. The SMILES string of the molecule is ClCCc1nc2ccc(Cl)cc2n1CC1COCCO1. The molecule has 0 amide bonds. The number of rotatable bonds is 4. The molecule has 0 N–H and O–H groups in total. The van der Waals surface area contributed by atoms with Crippen LogP contribution in [-0.4, -0.2) is 41.4 Å². The van der Waals surface area contributed by atoms with E-state index in [4.69, 9.17) is 32.7 Å². The molecule has 0 radical (unpaired) electrons. The molecule has 0 spiro atoms. The normalized spacial score (nSPS) is 19.6. The molecule has 1 aliphatic rings. The van der Waals surface area contributed by atoms with Crippen molar-refractivity contribution in [1.29, 1.82) is 0 Å². The quantitative estimate of drug-likeness (QED) is 0.814. The molecule has 1 aliphatic heterocycles. The number of hydrogen-bond donors (Lipinski definition) is 0. The summed E-state index contributed by atoms with van der Waals surface area (Å²) in [6.07, 6.45) is 0.774. The largest absolute Gasteiger partial charge is 0.376 e. The third kappa shape index (κ3) is 2.93. The highest BCUT2D eigenvalue weighted by molar-refractivity contribution is 6.31. The van der Waals surface area contributed by atoms with Crippen LogP contribution in [0.3, 0.4) is 0 Å². The lowest BCUT2D eigenvalue weighted by atomic mass is 10.3. The summed E-state index contributed by atoms with van der Waals surface area (Å²) in [6, 6.07) is 5.72. The first-order valence-corrected chi connectivity index (χ1v) is 7.59. The molecule has 3 rings (SSSR count). The van der Waals surface area contributed by atoms with Gasteiger partial charge in [-0.25, -0.2) is 4.98 Å². The van der Waals surface area contributed by atoms with Gasteiger partial charge in [-0.3, -0.25) is 0 Å². The van der Waals surface area contributed by atoms with Crippen LogP contribution in [0.1, 0.15) is 5.82 Å². The second-order valence-corrected chi connectivity index (χ2v) is 5.59. The predicted octanol–water partition coefficient (Wildman–Crippen LogP) is 2.89. The van der Waals surface area contributed by atoms with E-state index in [1.165, 1.54) is 0 Å². The van der Waals surface area contributed by atoms with Crippen molar-refractivity contribution in [1.82, 2.24) is 9.55 Å². The maximum Gasteiger partial charge on any atom is 0.111 e. The Bertz CT molecular complexity index is 594. The van der Waals surface area contributed by atoms with Crippen molar-refractivity contribution in [2.45, 2.75) is 19.1 Å². The van der Waals surface area contributed by atoms with Gasteiger partial charge in [0.1, 0.15) is 5.82 Å². The smallest absolute Gasteiger partial charge is 0.111 e. The number of hydrogen-bond acceptors (Lipinski definition) is 3. The third-order valence-electron chi connectivity index (χ3n) is 3.38. The fourth-order valence-electron chi connectivity index (χ4n) is 2.47. The van der Waals surface area contributed by atoms with E-state index in [0.29, 0.717) is 37.3 Å². The zero-order valence-corrected chi connectivity index (χ0v) is 12.5. The van der Waals surface area contributed by atoms with Crippen LogP contribution in [0.4, 0.5) is 0 Å². The van der Waals surface area contributed by atoms with Crippen molar-refractivity contribution in [2.24, 2.45) is 0 Å². The summed E-state index contributed by atoms with van der Waals surface area (Å²) in [6.45, 7) is 2.63. The third-order valence-corrected chi connectivity index (χ3v) is 3.80. The van der Waals surface area contributed by atoms with E-state index in [0.717, 1.165) is 23.3 Å². The van der Waals surface area contributed by atoms with Crippen molar-refractivity contribution in [3.05, 3.63) is 29.0 Å². The summed E-state index contributed by atoms with van der Waals surface area (Å²) in [5.74, 6) is 1.51. The van der Waals surface area contributed by atoms with Crippen LogP contribution >= 0.6 is 23.2 Å². The molecule has 2 aromatic rings. The molecule has 4 nitrogen and oxygen atoms in total. The van der Waals surface area contributed by atoms with Gasteiger partial charge in [-0.1, -0.05) is 11.6 Å². The van der Waals surface area contributed by atoms with E-state index in [2.05, 4.69) is 9.55 Å². The van der Waals surface area contributed by atoms with Crippen LogP contribution < -0.4 is 0 Å². The van der Waals surface area contributed by atoms with Gasteiger partial charge in [0, 0.05) is 17.3 Å². The molecule has 1 saturated heterocycles. The number of aryl methyl sites for hydroxylation is 1. The fourth-order valence-corrected chi connectivity index (χ4v) is 2.81. The Morgan fingerprint density at radius 1 is 1.35 bits per heavy atom. The Kier molecular flexibility index (Phi) is 4.46. The lowest BCUT2D eigenvalue weighted by Gasteiger charge is -2.24. The molecule has 1 atom stereocenters. The predicted molar refractivity (Wildman–Crippen MR) is 79.7 cm³/mol. The van der Waals surface area contributed by atoms with Crippen molar-refractivity contribution in [3.8, 4) is 0 Å². The highest BCUT2D eigenvalue weighted by Crippen LogP contribution is 2.22. The Morgan fingerprint density at radius 3 is 3.00 bits per heavy atom. The maximum absolute atomic E-state index is 6.10. The topological polar surface area (TPSA) is 36.3 Å².